The first-order chi connectivity index (χ1) is 13.1. The van der Waals surface area contributed by atoms with E-state index in [1.54, 1.807) is 12.1 Å². The molecule has 2 amide bonds. The molecule has 8 heteroatoms. The van der Waals surface area contributed by atoms with E-state index in [9.17, 15) is 22.8 Å². The van der Waals surface area contributed by atoms with Gasteiger partial charge >= 0.3 is 6.18 Å². The van der Waals surface area contributed by atoms with E-state index in [2.05, 4.69) is 5.32 Å². The van der Waals surface area contributed by atoms with Crippen LogP contribution in [0.15, 0.2) is 48.5 Å². The molecule has 0 fully saturated rings. The second kappa shape index (κ2) is 8.77. The molecule has 0 saturated carbocycles. The smallest absolute Gasteiger partial charge is 0.378 e. The Balaban J connectivity index is 1.97. The van der Waals surface area contributed by atoms with Gasteiger partial charge < -0.3 is 15.1 Å². The van der Waals surface area contributed by atoms with Gasteiger partial charge in [-0.3, -0.25) is 9.59 Å². The van der Waals surface area contributed by atoms with Gasteiger partial charge in [-0.1, -0.05) is 0 Å². The van der Waals surface area contributed by atoms with Crippen molar-refractivity contribution in [3.8, 4) is 0 Å². The molecule has 0 unspecified atom stereocenters. The van der Waals surface area contributed by atoms with Crippen LogP contribution < -0.4 is 15.1 Å². The minimum absolute atomic E-state index is 0.00995. The first-order valence-corrected chi connectivity index (χ1v) is 8.60. The number of nitrogens with one attached hydrogen (secondary N) is 1. The van der Waals surface area contributed by atoms with E-state index in [1.807, 2.05) is 31.1 Å². The summed E-state index contributed by atoms with van der Waals surface area (Å²) in [7, 11) is 3.81. The monoisotopic (exact) mass is 393 g/mol. The number of carbonyl (C=O) groups excluding carboxylic acids is 2. The number of nitrogens with zero attached hydrogens (tertiary/aromatic N) is 2. The van der Waals surface area contributed by atoms with Crippen molar-refractivity contribution in [2.45, 2.75) is 19.5 Å². The van der Waals surface area contributed by atoms with Crippen LogP contribution in [-0.2, 0) is 15.8 Å². The van der Waals surface area contributed by atoms with Gasteiger partial charge in [-0.05, 0) is 48.5 Å². The third-order valence-corrected chi connectivity index (χ3v) is 4.12. The van der Waals surface area contributed by atoms with E-state index in [0.717, 1.165) is 17.8 Å². The number of alkyl halides is 3. The van der Waals surface area contributed by atoms with Crippen molar-refractivity contribution >= 4 is 28.9 Å². The average molecular weight is 393 g/mol. The highest BCUT2D eigenvalue weighted by Gasteiger charge is 2.30. The molecule has 0 aliphatic carbocycles. The van der Waals surface area contributed by atoms with Crippen LogP contribution in [0.3, 0.4) is 0 Å². The van der Waals surface area contributed by atoms with Crippen molar-refractivity contribution < 1.29 is 22.8 Å². The van der Waals surface area contributed by atoms with Crippen molar-refractivity contribution in [3.05, 3.63) is 54.1 Å². The number of hydrogen-bond donors (Lipinski definition) is 1. The molecule has 0 radical (unpaired) electrons. The Kier molecular flexibility index (Phi) is 6.66. The van der Waals surface area contributed by atoms with E-state index in [-0.39, 0.29) is 24.6 Å². The van der Waals surface area contributed by atoms with Crippen molar-refractivity contribution in [1.29, 1.82) is 0 Å². The molecular weight excluding hydrogens is 371 g/mol. The Bertz CT molecular complexity index is 816. The van der Waals surface area contributed by atoms with Gasteiger partial charge in [0.25, 0.3) is 0 Å². The van der Waals surface area contributed by atoms with E-state index in [4.69, 9.17) is 0 Å². The third-order valence-electron chi connectivity index (χ3n) is 4.12. The summed E-state index contributed by atoms with van der Waals surface area (Å²) in [6, 6.07) is 11.5. The second-order valence-electron chi connectivity index (χ2n) is 6.45. The van der Waals surface area contributed by atoms with Crippen LogP contribution in [0.2, 0.25) is 0 Å². The Labute approximate surface area is 161 Å². The standard InChI is InChI=1S/C20H22F3N3O2/c1-14(27)26(18-10-8-17(9-11-18)25(2)3)13-12-19(28)24-16-6-4-15(5-7-16)20(21,22)23/h4-11H,12-13H2,1-3H3,(H,24,28). The molecule has 0 atom stereocenters. The Morgan fingerprint density at radius 2 is 1.46 bits per heavy atom. The topological polar surface area (TPSA) is 52.7 Å². The van der Waals surface area contributed by atoms with Gasteiger partial charge in [0.15, 0.2) is 0 Å². The molecule has 150 valence electrons. The molecule has 0 heterocycles. The van der Waals surface area contributed by atoms with E-state index < -0.39 is 17.6 Å². The maximum atomic E-state index is 12.6. The van der Waals surface area contributed by atoms with Gasteiger partial charge in [-0.15, -0.1) is 0 Å². The molecule has 2 rings (SSSR count). The molecule has 5 nitrogen and oxygen atoms in total. The van der Waals surface area contributed by atoms with E-state index in [1.165, 1.54) is 24.0 Å². The fourth-order valence-corrected chi connectivity index (χ4v) is 2.58. The summed E-state index contributed by atoms with van der Waals surface area (Å²) < 4.78 is 37.7. The van der Waals surface area contributed by atoms with Gasteiger partial charge in [0.05, 0.1) is 5.56 Å². The number of halogens is 3. The molecule has 0 saturated heterocycles. The van der Waals surface area contributed by atoms with Crippen LogP contribution in [0, 0.1) is 0 Å². The van der Waals surface area contributed by atoms with Crippen molar-refractivity contribution in [2.75, 3.05) is 35.8 Å². The SMILES string of the molecule is CC(=O)N(CCC(=O)Nc1ccc(C(F)(F)F)cc1)c1ccc(N(C)C)cc1. The minimum Gasteiger partial charge on any atom is -0.378 e. The van der Waals surface area contributed by atoms with Gasteiger partial charge in [-0.25, -0.2) is 0 Å². The number of benzene rings is 2. The number of anilines is 3. The molecule has 0 aliphatic rings. The third kappa shape index (κ3) is 5.73. The highest BCUT2D eigenvalue weighted by molar-refractivity contribution is 5.94. The van der Waals surface area contributed by atoms with Crippen molar-refractivity contribution in [3.63, 3.8) is 0 Å². The van der Waals surface area contributed by atoms with Crippen LogP contribution in [0.4, 0.5) is 30.2 Å². The first-order valence-electron chi connectivity index (χ1n) is 8.60. The lowest BCUT2D eigenvalue weighted by atomic mass is 10.2. The molecule has 0 spiro atoms. The van der Waals surface area contributed by atoms with Crippen LogP contribution in [0.1, 0.15) is 18.9 Å². The van der Waals surface area contributed by atoms with Crippen molar-refractivity contribution in [2.24, 2.45) is 0 Å². The molecule has 1 N–H and O–H groups in total. The lowest BCUT2D eigenvalue weighted by Gasteiger charge is -2.22. The highest BCUT2D eigenvalue weighted by atomic mass is 19.4. The molecular formula is C20H22F3N3O2. The summed E-state index contributed by atoms with van der Waals surface area (Å²) in [5, 5.41) is 2.54. The predicted octanol–water partition coefficient (Wildman–Crippen LogP) is 4.15. The number of rotatable bonds is 6. The summed E-state index contributed by atoms with van der Waals surface area (Å²) >= 11 is 0. The summed E-state index contributed by atoms with van der Waals surface area (Å²) in [6.45, 7) is 1.57. The summed E-state index contributed by atoms with van der Waals surface area (Å²) in [5.41, 5.74) is 1.13. The van der Waals surface area contributed by atoms with Gasteiger partial charge in [0, 0.05) is 51.0 Å². The zero-order valence-corrected chi connectivity index (χ0v) is 15.9. The summed E-state index contributed by atoms with van der Waals surface area (Å²) in [5.74, 6) is -0.601. The molecule has 0 aromatic heterocycles. The molecule has 2 aromatic rings. The average Bonchev–Trinajstić information content (AvgIpc) is 2.61. The second-order valence-corrected chi connectivity index (χ2v) is 6.45. The molecule has 0 bridgehead atoms. The number of hydrogen-bond acceptors (Lipinski definition) is 3. The largest absolute Gasteiger partial charge is 0.416 e. The minimum atomic E-state index is -4.42. The van der Waals surface area contributed by atoms with Gasteiger partial charge in [0.1, 0.15) is 0 Å². The molecule has 2 aromatic carbocycles. The quantitative estimate of drug-likeness (QED) is 0.802. The fourth-order valence-electron chi connectivity index (χ4n) is 2.58. The maximum Gasteiger partial charge on any atom is 0.416 e. The molecule has 28 heavy (non-hydrogen) atoms. The number of amides is 2. The lowest BCUT2D eigenvalue weighted by Crippen LogP contribution is -2.32. The molecule has 0 aliphatic heterocycles. The van der Waals surface area contributed by atoms with Crippen LogP contribution >= 0.6 is 0 Å². The van der Waals surface area contributed by atoms with Gasteiger partial charge in [-0.2, -0.15) is 13.2 Å². The first kappa shape index (κ1) is 21.3. The summed E-state index contributed by atoms with van der Waals surface area (Å²) in [6.07, 6.45) is -4.41. The van der Waals surface area contributed by atoms with Crippen LogP contribution in [-0.4, -0.2) is 32.5 Å². The zero-order chi connectivity index (χ0) is 20.9. The normalized spacial score (nSPS) is 11.1. The van der Waals surface area contributed by atoms with Crippen LogP contribution in [0.25, 0.3) is 0 Å². The van der Waals surface area contributed by atoms with Gasteiger partial charge in [0.2, 0.25) is 11.8 Å². The number of carbonyl (C=O) groups is 2. The fraction of sp³-hybridized carbons (Fsp3) is 0.300. The van der Waals surface area contributed by atoms with Crippen LogP contribution in [0.5, 0.6) is 0 Å². The highest BCUT2D eigenvalue weighted by Crippen LogP contribution is 2.29. The zero-order valence-electron chi connectivity index (χ0n) is 15.9. The van der Waals surface area contributed by atoms with E-state index >= 15 is 0 Å². The Morgan fingerprint density at radius 3 is 1.93 bits per heavy atom. The Morgan fingerprint density at radius 1 is 0.929 bits per heavy atom. The Hall–Kier alpha value is -3.03. The van der Waals surface area contributed by atoms with Crippen molar-refractivity contribution in [1.82, 2.24) is 0 Å². The lowest BCUT2D eigenvalue weighted by molar-refractivity contribution is -0.137. The predicted molar refractivity (Wildman–Crippen MR) is 103 cm³/mol. The maximum absolute atomic E-state index is 12.6. The van der Waals surface area contributed by atoms with E-state index in [0.29, 0.717) is 5.69 Å². The summed E-state index contributed by atoms with van der Waals surface area (Å²) in [4.78, 5) is 27.5.